The molecule has 4 nitrogen and oxygen atoms in total. The Labute approximate surface area is 165 Å². The summed E-state index contributed by atoms with van der Waals surface area (Å²) >= 11 is 1.11. The van der Waals surface area contributed by atoms with Gasteiger partial charge < -0.3 is 0 Å². The number of fused-ring (bicyclic) bond motifs is 1. The molecule has 0 saturated carbocycles. The number of nitrogens with zero attached hydrogens (tertiary/aromatic N) is 2. The Morgan fingerprint density at radius 3 is 2.68 bits per heavy atom. The quantitative estimate of drug-likeness (QED) is 0.322. The fourth-order valence-electron chi connectivity index (χ4n) is 2.87. The third-order valence-electron chi connectivity index (χ3n) is 4.41. The summed E-state index contributed by atoms with van der Waals surface area (Å²) in [7, 11) is 0. The molecular formula is C21H20F2N2O2S. The average molecular weight is 402 g/mol. The highest BCUT2D eigenvalue weighted by Crippen LogP contribution is 2.26. The maximum absolute atomic E-state index is 14.0. The number of halogens is 2. The van der Waals surface area contributed by atoms with Gasteiger partial charge in [-0.25, -0.2) is 13.8 Å². The number of ketones is 1. The zero-order chi connectivity index (χ0) is 20.3. The van der Waals surface area contributed by atoms with E-state index in [1.54, 1.807) is 35.8 Å². The van der Waals surface area contributed by atoms with Gasteiger partial charge in [0, 0.05) is 12.6 Å². The van der Waals surface area contributed by atoms with Crippen LogP contribution in [0.4, 0.5) is 8.78 Å². The molecule has 0 N–H and O–H groups in total. The van der Waals surface area contributed by atoms with Crippen LogP contribution in [-0.2, 0) is 6.54 Å². The van der Waals surface area contributed by atoms with Gasteiger partial charge >= 0.3 is 0 Å². The largest absolute Gasteiger partial charge is 0.293 e. The summed E-state index contributed by atoms with van der Waals surface area (Å²) in [5.74, 6) is -2.11. The molecule has 0 aliphatic rings. The summed E-state index contributed by atoms with van der Waals surface area (Å²) < 4.78 is 28.7. The van der Waals surface area contributed by atoms with E-state index in [0.717, 1.165) is 36.7 Å². The lowest BCUT2D eigenvalue weighted by Crippen LogP contribution is -2.25. The number of hydrogen-bond donors (Lipinski definition) is 0. The van der Waals surface area contributed by atoms with E-state index in [2.05, 4.69) is 4.98 Å². The normalized spacial score (nSPS) is 12.3. The highest BCUT2D eigenvalue weighted by molar-refractivity contribution is 8.00. The lowest BCUT2D eigenvalue weighted by molar-refractivity contribution is 0.0990. The van der Waals surface area contributed by atoms with E-state index in [-0.39, 0.29) is 11.1 Å². The van der Waals surface area contributed by atoms with Gasteiger partial charge in [-0.15, -0.1) is 0 Å². The van der Waals surface area contributed by atoms with Gasteiger partial charge in [0.05, 0.1) is 21.7 Å². The molecule has 1 atom stereocenters. The average Bonchev–Trinajstić information content (AvgIpc) is 2.67. The van der Waals surface area contributed by atoms with E-state index in [9.17, 15) is 18.4 Å². The molecule has 2 aromatic carbocycles. The van der Waals surface area contributed by atoms with Crippen molar-refractivity contribution in [2.75, 3.05) is 0 Å². The summed E-state index contributed by atoms with van der Waals surface area (Å²) in [6, 6.07) is 9.94. The topological polar surface area (TPSA) is 52.0 Å². The molecule has 3 rings (SSSR count). The first-order chi connectivity index (χ1) is 13.4. The first-order valence-electron chi connectivity index (χ1n) is 9.08. The molecule has 1 aromatic heterocycles. The number of para-hydroxylation sites is 1. The maximum atomic E-state index is 14.0. The lowest BCUT2D eigenvalue weighted by Gasteiger charge is -2.16. The Morgan fingerprint density at radius 1 is 1.21 bits per heavy atom. The number of benzene rings is 2. The summed E-state index contributed by atoms with van der Waals surface area (Å²) in [4.78, 5) is 30.1. The third-order valence-corrected chi connectivity index (χ3v) is 5.50. The van der Waals surface area contributed by atoms with Crippen molar-refractivity contribution in [2.24, 2.45) is 0 Å². The molecule has 0 spiro atoms. The molecule has 0 aliphatic carbocycles. The number of hydrogen-bond acceptors (Lipinski definition) is 4. The van der Waals surface area contributed by atoms with Gasteiger partial charge in [-0.05, 0) is 37.6 Å². The molecule has 1 unspecified atom stereocenters. The minimum absolute atomic E-state index is 0.158. The van der Waals surface area contributed by atoms with Crippen LogP contribution in [0.3, 0.4) is 0 Å². The van der Waals surface area contributed by atoms with E-state index >= 15 is 0 Å². The number of aromatic nitrogens is 2. The van der Waals surface area contributed by atoms with Crippen LogP contribution in [0.5, 0.6) is 0 Å². The summed E-state index contributed by atoms with van der Waals surface area (Å²) in [5.41, 5.74) is 0.217. The molecule has 0 amide bonds. The fourth-order valence-corrected chi connectivity index (χ4v) is 3.87. The molecule has 7 heteroatoms. The molecule has 0 aliphatic heterocycles. The number of unbranched alkanes of at least 4 members (excludes halogenated alkanes) is 1. The van der Waals surface area contributed by atoms with Crippen LogP contribution < -0.4 is 5.56 Å². The van der Waals surface area contributed by atoms with E-state index in [4.69, 9.17) is 0 Å². The monoisotopic (exact) mass is 402 g/mol. The van der Waals surface area contributed by atoms with Gasteiger partial charge in [-0.1, -0.05) is 37.2 Å². The highest BCUT2D eigenvalue weighted by Gasteiger charge is 2.23. The minimum atomic E-state index is -0.896. The second-order valence-corrected chi connectivity index (χ2v) is 7.78. The van der Waals surface area contributed by atoms with Crippen molar-refractivity contribution >= 4 is 28.4 Å². The van der Waals surface area contributed by atoms with Crippen LogP contribution in [0.1, 0.15) is 37.0 Å². The first-order valence-corrected chi connectivity index (χ1v) is 9.95. The molecule has 0 saturated heterocycles. The summed E-state index contributed by atoms with van der Waals surface area (Å²) in [5, 5.41) is 0.243. The summed E-state index contributed by atoms with van der Waals surface area (Å²) in [6.07, 6.45) is 1.70. The number of Topliss-reactive ketones (excluding diaryl/α,β-unsaturated/α-hetero) is 1. The minimum Gasteiger partial charge on any atom is -0.293 e. The molecule has 1 heterocycles. The van der Waals surface area contributed by atoms with Gasteiger partial charge in [0.1, 0.15) is 11.6 Å². The van der Waals surface area contributed by atoms with Crippen molar-refractivity contribution in [2.45, 2.75) is 43.6 Å². The van der Waals surface area contributed by atoms with E-state index in [1.807, 2.05) is 6.92 Å². The van der Waals surface area contributed by atoms with Crippen molar-refractivity contribution in [1.82, 2.24) is 9.55 Å². The lowest BCUT2D eigenvalue weighted by atomic mass is 10.1. The highest BCUT2D eigenvalue weighted by atomic mass is 32.2. The fraction of sp³-hybridized carbons (Fsp3) is 0.286. The van der Waals surface area contributed by atoms with Gasteiger partial charge in [0.25, 0.3) is 5.56 Å². The number of carbonyl (C=O) groups excluding carboxylic acids is 1. The molecule has 0 fully saturated rings. The second kappa shape index (κ2) is 8.65. The van der Waals surface area contributed by atoms with Crippen LogP contribution >= 0.6 is 11.8 Å². The van der Waals surface area contributed by atoms with E-state index in [0.29, 0.717) is 28.7 Å². The van der Waals surface area contributed by atoms with Gasteiger partial charge in [0.2, 0.25) is 0 Å². The van der Waals surface area contributed by atoms with Gasteiger partial charge in [0.15, 0.2) is 10.9 Å². The molecular weight excluding hydrogens is 382 g/mol. The molecule has 0 radical (unpaired) electrons. The van der Waals surface area contributed by atoms with Crippen molar-refractivity contribution in [1.29, 1.82) is 0 Å². The second-order valence-electron chi connectivity index (χ2n) is 6.47. The Hall–Kier alpha value is -2.54. The predicted molar refractivity (Wildman–Crippen MR) is 107 cm³/mol. The smallest absolute Gasteiger partial charge is 0.262 e. The molecule has 3 aromatic rings. The van der Waals surface area contributed by atoms with Gasteiger partial charge in [-0.3, -0.25) is 14.2 Å². The standard InChI is InChI=1S/C21H20F2N2O2S/c1-3-4-11-25-20(27)16-7-5-6-8-18(16)24-21(25)28-13(2)19(26)15-10-9-14(22)12-17(15)23/h5-10,12-13H,3-4,11H2,1-2H3. The predicted octanol–water partition coefficient (Wildman–Crippen LogP) is 4.84. The van der Waals surface area contributed by atoms with E-state index in [1.165, 1.54) is 0 Å². The molecule has 28 heavy (non-hydrogen) atoms. The van der Waals surface area contributed by atoms with Crippen molar-refractivity contribution < 1.29 is 13.6 Å². The Bertz CT molecular complexity index is 1080. The van der Waals surface area contributed by atoms with Crippen molar-refractivity contribution in [3.8, 4) is 0 Å². The van der Waals surface area contributed by atoms with Crippen molar-refractivity contribution in [3.63, 3.8) is 0 Å². The van der Waals surface area contributed by atoms with Crippen LogP contribution in [-0.4, -0.2) is 20.6 Å². The summed E-state index contributed by atoms with van der Waals surface area (Å²) in [6.45, 7) is 4.14. The first kappa shape index (κ1) is 20.2. The van der Waals surface area contributed by atoms with Crippen LogP contribution in [0.15, 0.2) is 52.4 Å². The molecule has 146 valence electrons. The zero-order valence-electron chi connectivity index (χ0n) is 15.6. The zero-order valence-corrected chi connectivity index (χ0v) is 16.4. The Morgan fingerprint density at radius 2 is 1.96 bits per heavy atom. The molecule has 0 bridgehead atoms. The Balaban J connectivity index is 1.97. The van der Waals surface area contributed by atoms with Crippen LogP contribution in [0.25, 0.3) is 10.9 Å². The van der Waals surface area contributed by atoms with Crippen LogP contribution in [0, 0.1) is 11.6 Å². The van der Waals surface area contributed by atoms with Gasteiger partial charge in [-0.2, -0.15) is 0 Å². The van der Waals surface area contributed by atoms with Crippen LogP contribution in [0.2, 0.25) is 0 Å². The number of carbonyl (C=O) groups is 1. The number of rotatable bonds is 7. The Kier molecular flexibility index (Phi) is 6.24. The van der Waals surface area contributed by atoms with E-state index < -0.39 is 22.7 Å². The van der Waals surface area contributed by atoms with Crippen molar-refractivity contribution in [3.05, 3.63) is 70.0 Å². The maximum Gasteiger partial charge on any atom is 0.262 e. The third kappa shape index (κ3) is 4.14. The SMILES string of the molecule is CCCCn1c(SC(C)C(=O)c2ccc(F)cc2F)nc2ccccc2c1=O. The number of thioether (sulfide) groups is 1.